The molecule has 37 heavy (non-hydrogen) atoms. The summed E-state index contributed by atoms with van der Waals surface area (Å²) in [5.74, 6) is -1.30. The molecule has 0 unspecified atom stereocenters. The van der Waals surface area contributed by atoms with Crippen molar-refractivity contribution in [3.63, 3.8) is 0 Å². The van der Waals surface area contributed by atoms with Gasteiger partial charge < -0.3 is 4.74 Å². The van der Waals surface area contributed by atoms with Gasteiger partial charge in [0, 0.05) is 5.56 Å². The minimum atomic E-state index is -0.675. The van der Waals surface area contributed by atoms with Crippen LogP contribution in [0.5, 0.6) is 0 Å². The van der Waals surface area contributed by atoms with Crippen molar-refractivity contribution in [3.05, 3.63) is 101 Å². The number of ether oxygens (including phenoxy) is 1. The summed E-state index contributed by atoms with van der Waals surface area (Å²) in [5, 5.41) is 0. The minimum absolute atomic E-state index is 0.153. The van der Waals surface area contributed by atoms with E-state index in [0.29, 0.717) is 11.3 Å². The van der Waals surface area contributed by atoms with Gasteiger partial charge in [-0.1, -0.05) is 66.2 Å². The lowest BCUT2D eigenvalue weighted by molar-refractivity contribution is -0.123. The number of rotatable bonds is 6. The molecule has 0 N–H and O–H groups in total. The molecule has 1 saturated heterocycles. The van der Waals surface area contributed by atoms with Crippen LogP contribution in [0.15, 0.2) is 78.9 Å². The number of esters is 1. The van der Waals surface area contributed by atoms with Gasteiger partial charge in [-0.2, -0.15) is 0 Å². The molecular weight excluding hydrogens is 466 g/mol. The number of ketones is 1. The van der Waals surface area contributed by atoms with Crippen molar-refractivity contribution in [1.82, 2.24) is 0 Å². The first-order valence-corrected chi connectivity index (χ1v) is 12.7. The van der Waals surface area contributed by atoms with Gasteiger partial charge in [0.1, 0.15) is 0 Å². The summed E-state index contributed by atoms with van der Waals surface area (Å²) < 4.78 is 5.25. The maximum Gasteiger partial charge on any atom is 0.338 e. The topological polar surface area (TPSA) is 80.8 Å². The number of aryl methyl sites for hydroxylation is 1. The van der Waals surface area contributed by atoms with Crippen molar-refractivity contribution in [2.45, 2.75) is 25.7 Å². The Balaban J connectivity index is 1.18. The number of imide groups is 1. The summed E-state index contributed by atoms with van der Waals surface area (Å²) >= 11 is 0. The fourth-order valence-electron chi connectivity index (χ4n) is 6.61. The van der Waals surface area contributed by atoms with Crippen LogP contribution in [-0.2, 0) is 14.3 Å². The molecule has 1 heterocycles. The Kier molecular flexibility index (Phi) is 5.75. The zero-order chi connectivity index (χ0) is 25.7. The molecule has 6 nitrogen and oxygen atoms in total. The standard InChI is InChI=1S/C31H27NO5/c1-18-10-12-20(13-11-18)26(33)17-37-31(36)21-8-5-9-23(14-21)32-29(34)27-22-15-24(19-6-3-2-4-7-19)25(16-22)28(27)30(32)35/h2-14,22,24-25,27-28H,15-17H2,1H3/t22-,24-,25+,27+,28+/m0/s1. The molecule has 3 aliphatic rings. The molecular formula is C31H27NO5. The summed E-state index contributed by atoms with van der Waals surface area (Å²) in [4.78, 5) is 53.4. The third-order valence-electron chi connectivity index (χ3n) is 8.29. The zero-order valence-corrected chi connectivity index (χ0v) is 20.5. The molecule has 5 atom stereocenters. The van der Waals surface area contributed by atoms with Crippen LogP contribution >= 0.6 is 0 Å². The fraction of sp³-hybridized carbons (Fsp3) is 0.290. The quantitative estimate of drug-likeness (QED) is 0.275. The van der Waals surface area contributed by atoms with Crippen molar-refractivity contribution in [1.29, 1.82) is 0 Å². The maximum atomic E-state index is 13.6. The van der Waals surface area contributed by atoms with Gasteiger partial charge in [0.15, 0.2) is 12.4 Å². The minimum Gasteiger partial charge on any atom is -0.454 e. The molecule has 1 aliphatic heterocycles. The van der Waals surface area contributed by atoms with Crippen LogP contribution in [0.4, 0.5) is 5.69 Å². The number of hydrogen-bond donors (Lipinski definition) is 0. The Morgan fingerprint density at radius 1 is 0.838 bits per heavy atom. The summed E-state index contributed by atoms with van der Waals surface area (Å²) in [6, 6.07) is 23.7. The maximum absolute atomic E-state index is 13.6. The van der Waals surface area contributed by atoms with Crippen molar-refractivity contribution in [2.24, 2.45) is 23.7 Å². The number of anilines is 1. The number of amides is 2. The average molecular weight is 494 g/mol. The first-order valence-electron chi connectivity index (χ1n) is 12.7. The Bertz CT molecular complexity index is 1400. The van der Waals surface area contributed by atoms with E-state index in [0.717, 1.165) is 18.4 Å². The molecule has 6 heteroatoms. The van der Waals surface area contributed by atoms with E-state index in [1.807, 2.05) is 37.3 Å². The highest BCUT2D eigenvalue weighted by atomic mass is 16.5. The summed E-state index contributed by atoms with van der Waals surface area (Å²) in [6.07, 6.45) is 1.83. The van der Waals surface area contributed by atoms with E-state index < -0.39 is 5.97 Å². The second-order valence-electron chi connectivity index (χ2n) is 10.4. The SMILES string of the molecule is Cc1ccc(C(=O)COC(=O)c2cccc(N3C(=O)[C@@H]4[C@@H]5C[C@@H]([C@H]4C3=O)[C@H](c3ccccc3)C5)c2)cc1. The van der Waals surface area contributed by atoms with Gasteiger partial charge in [-0.3, -0.25) is 19.3 Å². The van der Waals surface area contributed by atoms with E-state index in [1.54, 1.807) is 30.3 Å². The second kappa shape index (κ2) is 9.11. The number of Topliss-reactive ketones (excluding diaryl/α,β-unsaturated/α-hetero) is 1. The molecule has 0 aromatic heterocycles. The van der Waals surface area contributed by atoms with Crippen LogP contribution in [0.1, 0.15) is 50.6 Å². The normalized spacial score (nSPS) is 25.9. The molecule has 0 radical (unpaired) electrons. The summed E-state index contributed by atoms with van der Waals surface area (Å²) in [7, 11) is 0. The van der Waals surface area contributed by atoms with Gasteiger partial charge in [-0.15, -0.1) is 0 Å². The number of carbonyl (C=O) groups excluding carboxylic acids is 4. The van der Waals surface area contributed by atoms with E-state index in [4.69, 9.17) is 4.74 Å². The monoisotopic (exact) mass is 493 g/mol. The number of fused-ring (bicyclic) bond motifs is 5. The van der Waals surface area contributed by atoms with Crippen LogP contribution in [-0.4, -0.2) is 30.2 Å². The van der Waals surface area contributed by atoms with Gasteiger partial charge in [-0.25, -0.2) is 4.79 Å². The smallest absolute Gasteiger partial charge is 0.338 e. The third kappa shape index (κ3) is 3.97. The summed E-state index contributed by atoms with van der Waals surface area (Å²) in [6.45, 7) is 1.54. The predicted molar refractivity (Wildman–Crippen MR) is 137 cm³/mol. The Hall–Kier alpha value is -4.06. The first kappa shape index (κ1) is 23.3. The van der Waals surface area contributed by atoms with Gasteiger partial charge in [0.25, 0.3) is 0 Å². The Morgan fingerprint density at radius 3 is 2.32 bits per heavy atom. The number of hydrogen-bond acceptors (Lipinski definition) is 5. The van der Waals surface area contributed by atoms with E-state index in [2.05, 4.69) is 12.1 Å². The molecule has 3 fully saturated rings. The van der Waals surface area contributed by atoms with Crippen LogP contribution in [0, 0.1) is 30.6 Å². The third-order valence-corrected chi connectivity index (χ3v) is 8.29. The largest absolute Gasteiger partial charge is 0.454 e. The van der Waals surface area contributed by atoms with Gasteiger partial charge in [-0.05, 0) is 61.3 Å². The average Bonchev–Trinajstić information content (AvgIpc) is 3.59. The first-order chi connectivity index (χ1) is 17.9. The lowest BCUT2D eigenvalue weighted by Gasteiger charge is -2.28. The Labute approximate surface area is 215 Å². The molecule has 6 rings (SSSR count). The van der Waals surface area contributed by atoms with Crippen LogP contribution in [0.3, 0.4) is 0 Å². The number of carbonyl (C=O) groups is 4. The second-order valence-corrected chi connectivity index (χ2v) is 10.4. The van der Waals surface area contributed by atoms with Gasteiger partial charge >= 0.3 is 5.97 Å². The van der Waals surface area contributed by atoms with E-state index in [9.17, 15) is 19.2 Å². The van der Waals surface area contributed by atoms with E-state index >= 15 is 0 Å². The van der Waals surface area contributed by atoms with Gasteiger partial charge in [0.2, 0.25) is 11.8 Å². The molecule has 2 bridgehead atoms. The molecule has 2 amide bonds. The predicted octanol–water partition coefficient (Wildman–Crippen LogP) is 4.96. The molecule has 2 aliphatic carbocycles. The highest BCUT2D eigenvalue weighted by molar-refractivity contribution is 6.23. The van der Waals surface area contributed by atoms with Crippen molar-refractivity contribution >= 4 is 29.3 Å². The molecule has 3 aromatic rings. The van der Waals surface area contributed by atoms with Crippen molar-refractivity contribution < 1.29 is 23.9 Å². The van der Waals surface area contributed by atoms with Crippen LogP contribution < -0.4 is 4.90 Å². The van der Waals surface area contributed by atoms with E-state index in [1.165, 1.54) is 16.5 Å². The lowest BCUT2D eigenvalue weighted by Crippen LogP contribution is -2.33. The number of nitrogens with zero attached hydrogens (tertiary/aromatic N) is 1. The lowest BCUT2D eigenvalue weighted by atomic mass is 9.73. The van der Waals surface area contributed by atoms with E-state index in [-0.39, 0.29) is 59.4 Å². The highest BCUT2D eigenvalue weighted by Crippen LogP contribution is 2.61. The highest BCUT2D eigenvalue weighted by Gasteiger charge is 2.64. The summed E-state index contributed by atoms with van der Waals surface area (Å²) in [5.41, 5.74) is 3.30. The molecule has 3 aromatic carbocycles. The molecule has 186 valence electrons. The van der Waals surface area contributed by atoms with Crippen LogP contribution in [0.25, 0.3) is 0 Å². The molecule has 2 saturated carbocycles. The van der Waals surface area contributed by atoms with Crippen molar-refractivity contribution in [2.75, 3.05) is 11.5 Å². The van der Waals surface area contributed by atoms with Crippen molar-refractivity contribution in [3.8, 4) is 0 Å². The number of benzene rings is 3. The Morgan fingerprint density at radius 2 is 1.57 bits per heavy atom. The molecule has 0 spiro atoms. The fourth-order valence-corrected chi connectivity index (χ4v) is 6.61. The van der Waals surface area contributed by atoms with Crippen LogP contribution in [0.2, 0.25) is 0 Å². The van der Waals surface area contributed by atoms with Gasteiger partial charge in [0.05, 0.1) is 23.1 Å². The zero-order valence-electron chi connectivity index (χ0n) is 20.5.